The van der Waals surface area contributed by atoms with Crippen molar-refractivity contribution in [2.45, 2.75) is 25.7 Å². The maximum atomic E-state index is 14.2. The minimum absolute atomic E-state index is 0.135. The predicted octanol–water partition coefficient (Wildman–Crippen LogP) is 3.55. The van der Waals surface area contributed by atoms with Gasteiger partial charge in [0, 0.05) is 36.3 Å². The van der Waals surface area contributed by atoms with Crippen LogP contribution in [0, 0.1) is 12.7 Å². The number of carbonyl (C=O) groups excluding carboxylic acids is 1. The summed E-state index contributed by atoms with van der Waals surface area (Å²) < 4.78 is 20.0. The molecule has 0 saturated carbocycles. The van der Waals surface area contributed by atoms with E-state index in [1.807, 2.05) is 0 Å². The third kappa shape index (κ3) is 4.76. The Morgan fingerprint density at radius 1 is 1.26 bits per heavy atom. The normalized spacial score (nSPS) is 12.8. The molecule has 3 aromatic heterocycles. The first-order valence-electron chi connectivity index (χ1n) is 10.4. The van der Waals surface area contributed by atoms with E-state index in [2.05, 4.69) is 29.9 Å². The molecule has 0 radical (unpaired) electrons. The maximum Gasteiger partial charge on any atom is 0.296 e. The van der Waals surface area contributed by atoms with E-state index in [0.29, 0.717) is 17.0 Å². The fourth-order valence-corrected chi connectivity index (χ4v) is 4.01. The van der Waals surface area contributed by atoms with Crippen LogP contribution in [-0.4, -0.2) is 35.7 Å². The number of rotatable bonds is 6. The van der Waals surface area contributed by atoms with Gasteiger partial charge in [-0.3, -0.25) is 24.1 Å². The lowest BCUT2D eigenvalue weighted by Gasteiger charge is -2.26. The van der Waals surface area contributed by atoms with Crippen LogP contribution >= 0.6 is 11.6 Å². The van der Waals surface area contributed by atoms with Gasteiger partial charge in [0.2, 0.25) is 5.75 Å². The Kier molecular flexibility index (Phi) is 6.61. The Balaban J connectivity index is 1.86. The van der Waals surface area contributed by atoms with Crippen molar-refractivity contribution in [1.29, 1.82) is 0 Å². The number of benzene rings is 1. The summed E-state index contributed by atoms with van der Waals surface area (Å²) in [6.45, 7) is 3.50. The summed E-state index contributed by atoms with van der Waals surface area (Å²) in [7, 11) is 1.41. The van der Waals surface area contributed by atoms with E-state index in [4.69, 9.17) is 11.6 Å². The van der Waals surface area contributed by atoms with Gasteiger partial charge in [-0.25, -0.2) is 9.37 Å². The summed E-state index contributed by atoms with van der Waals surface area (Å²) in [6.07, 6.45) is 5.52. The van der Waals surface area contributed by atoms with E-state index in [-0.39, 0.29) is 16.5 Å². The van der Waals surface area contributed by atoms with Crippen molar-refractivity contribution in [2.24, 2.45) is 7.05 Å². The Bertz CT molecular complexity index is 1440. The predicted molar refractivity (Wildman–Crippen MR) is 124 cm³/mol. The summed E-state index contributed by atoms with van der Waals surface area (Å²) in [6, 6.07) is 3.94. The zero-order valence-corrected chi connectivity index (χ0v) is 19.6. The second-order valence-electron chi connectivity index (χ2n) is 7.91. The van der Waals surface area contributed by atoms with Crippen LogP contribution in [-0.2, 0) is 7.05 Å². The number of carbonyl (C=O) groups is 1. The lowest BCUT2D eigenvalue weighted by molar-refractivity contribution is 0.101. The summed E-state index contributed by atoms with van der Waals surface area (Å²) in [5.74, 6) is -3.39. The van der Waals surface area contributed by atoms with Crippen LogP contribution in [0.2, 0.25) is 5.02 Å². The lowest BCUT2D eigenvalue weighted by Crippen LogP contribution is -2.29. The molecule has 0 saturated heterocycles. The van der Waals surface area contributed by atoms with Gasteiger partial charge in [-0.15, -0.1) is 0 Å². The Hall–Kier alpha value is -4.12. The molecule has 0 unspecified atom stereocenters. The van der Waals surface area contributed by atoms with E-state index >= 15 is 0 Å². The molecular weight excluding hydrogens is 479 g/mol. The largest absolute Gasteiger partial charge is 0.501 e. The average Bonchev–Trinajstić information content (AvgIpc) is 3.34. The molecule has 180 valence electrons. The van der Waals surface area contributed by atoms with Crippen LogP contribution in [0.4, 0.5) is 10.1 Å². The fraction of sp³-hybridized carbons (Fsp3) is 0.217. The third-order valence-electron chi connectivity index (χ3n) is 5.53. The minimum Gasteiger partial charge on any atom is -0.501 e. The van der Waals surface area contributed by atoms with E-state index in [0.717, 1.165) is 4.57 Å². The summed E-state index contributed by atoms with van der Waals surface area (Å²) in [5.41, 5.74) is 0.411. The SMILES string of the molecule is Cc1cnc([C@H](c2cc(F)ccc2Cl)[C@@H](C)c2nc(C(=O)Nc3cnoc3)c(O)c(=O)n2C)cn1. The average molecular weight is 499 g/mol. The van der Waals surface area contributed by atoms with Crippen molar-refractivity contribution in [3.63, 3.8) is 0 Å². The molecule has 12 heteroatoms. The molecule has 2 N–H and O–H groups in total. The monoisotopic (exact) mass is 498 g/mol. The highest BCUT2D eigenvalue weighted by Crippen LogP contribution is 2.40. The Morgan fingerprint density at radius 3 is 2.69 bits per heavy atom. The van der Waals surface area contributed by atoms with E-state index in [9.17, 15) is 19.1 Å². The molecule has 4 rings (SSSR count). The molecule has 0 aliphatic heterocycles. The molecule has 0 bridgehead atoms. The number of hydrogen-bond donors (Lipinski definition) is 2. The molecular formula is C23H20ClFN6O4. The highest BCUT2D eigenvalue weighted by molar-refractivity contribution is 6.31. The zero-order chi connectivity index (χ0) is 25.3. The van der Waals surface area contributed by atoms with Crippen molar-refractivity contribution < 1.29 is 18.8 Å². The molecule has 0 spiro atoms. The summed E-state index contributed by atoms with van der Waals surface area (Å²) in [5, 5.41) is 16.6. The van der Waals surface area contributed by atoms with Gasteiger partial charge < -0.3 is 14.9 Å². The lowest BCUT2D eigenvalue weighted by atomic mass is 9.83. The van der Waals surface area contributed by atoms with Crippen molar-refractivity contribution in [3.05, 3.63) is 92.7 Å². The fourth-order valence-electron chi connectivity index (χ4n) is 3.78. The molecule has 10 nitrogen and oxygen atoms in total. The second kappa shape index (κ2) is 9.63. The van der Waals surface area contributed by atoms with Crippen LogP contribution in [0.5, 0.6) is 5.75 Å². The van der Waals surface area contributed by atoms with Gasteiger partial charge in [0.05, 0.1) is 17.6 Å². The van der Waals surface area contributed by atoms with Crippen LogP contribution < -0.4 is 10.9 Å². The number of aromatic nitrogens is 5. The molecule has 0 fully saturated rings. The van der Waals surface area contributed by atoms with E-state index < -0.39 is 40.6 Å². The number of aryl methyl sites for hydroxylation is 1. The van der Waals surface area contributed by atoms with Gasteiger partial charge >= 0.3 is 0 Å². The van der Waals surface area contributed by atoms with Crippen LogP contribution in [0.25, 0.3) is 0 Å². The van der Waals surface area contributed by atoms with E-state index in [1.165, 1.54) is 43.9 Å². The Labute approximate surface area is 203 Å². The number of amides is 1. The molecule has 0 aliphatic carbocycles. The van der Waals surface area contributed by atoms with Gasteiger partial charge in [0.1, 0.15) is 23.6 Å². The van der Waals surface area contributed by atoms with Gasteiger partial charge in [-0.2, -0.15) is 0 Å². The summed E-state index contributed by atoms with van der Waals surface area (Å²) >= 11 is 6.44. The van der Waals surface area contributed by atoms with Gasteiger partial charge in [-0.1, -0.05) is 23.7 Å². The first-order valence-corrected chi connectivity index (χ1v) is 10.8. The Morgan fingerprint density at radius 2 is 2.03 bits per heavy atom. The molecule has 1 amide bonds. The minimum atomic E-state index is -0.840. The van der Waals surface area contributed by atoms with Crippen molar-refractivity contribution in [1.82, 2.24) is 24.7 Å². The van der Waals surface area contributed by atoms with Gasteiger partial charge in [-0.05, 0) is 30.7 Å². The standard InChI is InChI=1S/C23H20ClFN6O4/c1-11-7-27-17(9-26-11)18(15-6-13(25)4-5-16(15)24)12(2)21-30-19(20(32)23(34)31(21)3)22(33)29-14-8-28-35-10-14/h4-10,12,18,32H,1-3H3,(H,29,33)/t12-,18+/m1/s1. The number of aromatic hydroxyl groups is 1. The quantitative estimate of drug-likeness (QED) is 0.412. The smallest absolute Gasteiger partial charge is 0.296 e. The molecule has 4 aromatic rings. The third-order valence-corrected chi connectivity index (χ3v) is 5.87. The molecule has 1 aromatic carbocycles. The second-order valence-corrected chi connectivity index (χ2v) is 8.32. The maximum absolute atomic E-state index is 14.2. The first-order chi connectivity index (χ1) is 16.7. The molecule has 2 atom stereocenters. The first kappa shape index (κ1) is 24.0. The zero-order valence-electron chi connectivity index (χ0n) is 18.9. The number of anilines is 1. The molecule has 35 heavy (non-hydrogen) atoms. The van der Waals surface area contributed by atoms with E-state index in [1.54, 1.807) is 20.0 Å². The summed E-state index contributed by atoms with van der Waals surface area (Å²) in [4.78, 5) is 38.7. The van der Waals surface area contributed by atoms with Crippen molar-refractivity contribution in [2.75, 3.05) is 5.32 Å². The highest BCUT2D eigenvalue weighted by Gasteiger charge is 2.31. The van der Waals surface area contributed by atoms with Crippen LogP contribution in [0.15, 0.2) is 52.4 Å². The van der Waals surface area contributed by atoms with Gasteiger partial charge in [0.25, 0.3) is 11.5 Å². The number of hydrogen-bond acceptors (Lipinski definition) is 8. The van der Waals surface area contributed by atoms with Crippen LogP contribution in [0.1, 0.15) is 52.0 Å². The van der Waals surface area contributed by atoms with Crippen LogP contribution in [0.3, 0.4) is 0 Å². The van der Waals surface area contributed by atoms with Gasteiger partial charge in [0.15, 0.2) is 5.69 Å². The van der Waals surface area contributed by atoms with Crippen molar-refractivity contribution in [3.8, 4) is 5.75 Å². The molecule has 0 aliphatic rings. The number of nitrogens with zero attached hydrogens (tertiary/aromatic N) is 5. The topological polar surface area (TPSA) is 136 Å². The number of halogens is 2. The van der Waals surface area contributed by atoms with Crippen molar-refractivity contribution >= 4 is 23.2 Å². The number of nitrogens with one attached hydrogen (secondary N) is 1. The molecule has 3 heterocycles. The highest BCUT2D eigenvalue weighted by atomic mass is 35.5.